The van der Waals surface area contributed by atoms with Crippen LogP contribution < -0.4 is 10.9 Å². The predicted octanol–water partition coefficient (Wildman–Crippen LogP) is 3.16. The minimum absolute atomic E-state index is 0.0280. The van der Waals surface area contributed by atoms with Crippen molar-refractivity contribution in [3.8, 4) is 0 Å². The zero-order valence-corrected chi connectivity index (χ0v) is 15.8. The number of fused-ring (bicyclic) bond motifs is 1. The molecule has 1 aliphatic carbocycles. The van der Waals surface area contributed by atoms with Gasteiger partial charge in [-0.25, -0.2) is 0 Å². The van der Waals surface area contributed by atoms with Gasteiger partial charge in [-0.15, -0.1) is 0 Å². The summed E-state index contributed by atoms with van der Waals surface area (Å²) in [5.74, 6) is -0.0280. The number of benzene rings is 1. The Balaban J connectivity index is 1.56. The maximum Gasteiger partial charge on any atom is 0.234 e. The molecule has 0 spiro atoms. The number of aromatic nitrogens is 3. The van der Waals surface area contributed by atoms with E-state index in [9.17, 15) is 9.59 Å². The van der Waals surface area contributed by atoms with E-state index in [2.05, 4.69) is 5.10 Å². The summed E-state index contributed by atoms with van der Waals surface area (Å²) in [6.45, 7) is 0.407. The van der Waals surface area contributed by atoms with Gasteiger partial charge in [-0.2, -0.15) is 5.10 Å². The van der Waals surface area contributed by atoms with Crippen LogP contribution in [0.15, 0.2) is 64.6 Å². The van der Waals surface area contributed by atoms with Crippen molar-refractivity contribution >= 4 is 16.8 Å². The largest absolute Gasteiger partial charge is 0.287 e. The third-order valence-corrected chi connectivity index (χ3v) is 5.30. The second kappa shape index (κ2) is 8.33. The summed E-state index contributed by atoms with van der Waals surface area (Å²) >= 11 is 0. The van der Waals surface area contributed by atoms with E-state index in [0.29, 0.717) is 18.0 Å². The zero-order valence-electron chi connectivity index (χ0n) is 15.8. The van der Waals surface area contributed by atoms with Gasteiger partial charge >= 0.3 is 0 Å². The Bertz CT molecular complexity index is 1110. The van der Waals surface area contributed by atoms with E-state index in [1.165, 1.54) is 25.5 Å². The summed E-state index contributed by atoms with van der Waals surface area (Å²) < 4.78 is 3.36. The molecule has 0 atom stereocenters. The third-order valence-electron chi connectivity index (χ3n) is 5.30. The highest BCUT2D eigenvalue weighted by Gasteiger charge is 2.13. The molecule has 2 heterocycles. The third kappa shape index (κ3) is 3.96. The van der Waals surface area contributed by atoms with Gasteiger partial charge in [0, 0.05) is 18.0 Å². The molecule has 0 unspecified atom stereocenters. The lowest BCUT2D eigenvalue weighted by molar-refractivity contribution is 0.0889. The van der Waals surface area contributed by atoms with Gasteiger partial charge in [0.05, 0.1) is 24.3 Å². The van der Waals surface area contributed by atoms with E-state index in [4.69, 9.17) is 4.99 Å². The molecule has 6 heteroatoms. The molecule has 0 amide bonds. The molecule has 0 N–H and O–H groups in total. The highest BCUT2D eigenvalue weighted by molar-refractivity contribution is 5.80. The van der Waals surface area contributed by atoms with Crippen LogP contribution in [0.3, 0.4) is 0 Å². The van der Waals surface area contributed by atoms with E-state index < -0.39 is 0 Å². The molecule has 144 valence electrons. The average Bonchev–Trinajstić information content (AvgIpc) is 2.74. The highest BCUT2D eigenvalue weighted by atomic mass is 16.2. The summed E-state index contributed by atoms with van der Waals surface area (Å²) in [5.41, 5.74) is 1.36. The Labute approximate surface area is 163 Å². The van der Waals surface area contributed by atoms with Crippen LogP contribution in [-0.4, -0.2) is 26.3 Å². The smallest absolute Gasteiger partial charge is 0.234 e. The fraction of sp³-hybridized carbons (Fsp3) is 0.364. The molecule has 4 rings (SSSR count). The van der Waals surface area contributed by atoms with Crippen LogP contribution >= 0.6 is 0 Å². The lowest BCUT2D eigenvalue weighted by Crippen LogP contribution is -2.29. The Morgan fingerprint density at radius 2 is 1.86 bits per heavy atom. The van der Waals surface area contributed by atoms with E-state index in [1.54, 1.807) is 21.5 Å². The number of hydrogen-bond acceptors (Lipinski definition) is 4. The Morgan fingerprint density at radius 3 is 2.71 bits per heavy atom. The molecule has 0 radical (unpaired) electrons. The number of pyridine rings is 1. The van der Waals surface area contributed by atoms with Gasteiger partial charge in [0.25, 0.3) is 0 Å². The second-order valence-electron chi connectivity index (χ2n) is 7.24. The van der Waals surface area contributed by atoms with Crippen LogP contribution in [0.1, 0.15) is 43.3 Å². The van der Waals surface area contributed by atoms with E-state index in [0.717, 1.165) is 23.8 Å². The number of nitrogens with zero attached hydrogens (tertiary/aromatic N) is 4. The molecule has 28 heavy (non-hydrogen) atoms. The predicted molar refractivity (Wildman–Crippen MR) is 108 cm³/mol. The van der Waals surface area contributed by atoms with Crippen molar-refractivity contribution in [1.29, 1.82) is 0 Å². The van der Waals surface area contributed by atoms with Crippen LogP contribution in [0.25, 0.3) is 10.9 Å². The van der Waals surface area contributed by atoms with Crippen molar-refractivity contribution in [3.05, 3.63) is 70.6 Å². The lowest BCUT2D eigenvalue weighted by atomic mass is 9.96. The summed E-state index contributed by atoms with van der Waals surface area (Å²) in [6.07, 6.45) is 9.25. The zero-order chi connectivity index (χ0) is 19.3. The van der Waals surface area contributed by atoms with Crippen LogP contribution in [0.5, 0.6) is 0 Å². The van der Waals surface area contributed by atoms with Crippen molar-refractivity contribution < 1.29 is 4.79 Å². The Kier molecular flexibility index (Phi) is 5.46. The van der Waals surface area contributed by atoms with Crippen LogP contribution in [-0.2, 0) is 6.54 Å². The average molecular weight is 376 g/mol. The molecule has 0 bridgehead atoms. The summed E-state index contributed by atoms with van der Waals surface area (Å²) in [5, 5.41) is 4.82. The molecule has 1 aliphatic rings. The van der Waals surface area contributed by atoms with Gasteiger partial charge in [-0.3, -0.25) is 23.8 Å². The topological polar surface area (TPSA) is 69.2 Å². The summed E-state index contributed by atoms with van der Waals surface area (Å²) in [6, 6.07) is 13.3. The molecule has 0 aliphatic heterocycles. The number of carbonyl (C=O) groups is 1. The molecule has 1 fully saturated rings. The lowest BCUT2D eigenvalue weighted by Gasteiger charge is -2.17. The Morgan fingerprint density at radius 1 is 1.07 bits per heavy atom. The fourth-order valence-corrected chi connectivity index (χ4v) is 3.81. The second-order valence-corrected chi connectivity index (χ2v) is 7.24. The SMILES string of the molecule is O=C(CCn1ncc(=O)c2ccccc21)n1ccccc1=NC1CCCCC1. The van der Waals surface area contributed by atoms with Gasteiger partial charge in [-0.05, 0) is 37.1 Å². The standard InChI is InChI=1S/C22H24N4O2/c27-20-16-23-26(19-11-5-4-10-18(19)20)15-13-22(28)25-14-7-6-12-21(25)24-17-8-2-1-3-9-17/h4-7,10-12,14,16-17H,1-3,8-9,13,15H2. The van der Waals surface area contributed by atoms with Gasteiger partial charge < -0.3 is 0 Å². The van der Waals surface area contributed by atoms with Gasteiger partial charge in [0.1, 0.15) is 5.49 Å². The molecule has 1 aromatic carbocycles. The minimum Gasteiger partial charge on any atom is -0.287 e. The van der Waals surface area contributed by atoms with E-state index >= 15 is 0 Å². The molecular formula is C22H24N4O2. The first-order valence-corrected chi connectivity index (χ1v) is 9.92. The molecule has 2 aromatic heterocycles. The number of aryl methyl sites for hydroxylation is 1. The first-order valence-electron chi connectivity index (χ1n) is 9.92. The minimum atomic E-state index is -0.107. The molecular weight excluding hydrogens is 352 g/mol. The van der Waals surface area contributed by atoms with Crippen molar-refractivity contribution in [1.82, 2.24) is 14.3 Å². The fourth-order valence-electron chi connectivity index (χ4n) is 3.81. The van der Waals surface area contributed by atoms with Gasteiger partial charge in [-0.1, -0.05) is 37.5 Å². The van der Waals surface area contributed by atoms with Gasteiger partial charge in [0.2, 0.25) is 11.3 Å². The molecule has 6 nitrogen and oxygen atoms in total. The van der Waals surface area contributed by atoms with Crippen molar-refractivity contribution in [2.24, 2.45) is 4.99 Å². The monoisotopic (exact) mass is 376 g/mol. The summed E-state index contributed by atoms with van der Waals surface area (Å²) in [7, 11) is 0. The highest BCUT2D eigenvalue weighted by Crippen LogP contribution is 2.19. The van der Waals surface area contributed by atoms with Crippen molar-refractivity contribution in [3.63, 3.8) is 0 Å². The maximum atomic E-state index is 12.9. The van der Waals surface area contributed by atoms with Gasteiger partial charge in [0.15, 0.2) is 0 Å². The number of carbonyl (C=O) groups excluding carboxylic acids is 1. The molecule has 3 aromatic rings. The Hall–Kier alpha value is -3.02. The van der Waals surface area contributed by atoms with Crippen LogP contribution in [0, 0.1) is 0 Å². The normalized spacial score (nSPS) is 15.8. The first kappa shape index (κ1) is 18.3. The van der Waals surface area contributed by atoms with Crippen molar-refractivity contribution in [2.45, 2.75) is 51.1 Å². The van der Waals surface area contributed by atoms with E-state index in [1.807, 2.05) is 36.4 Å². The van der Waals surface area contributed by atoms with Crippen LogP contribution in [0.2, 0.25) is 0 Å². The quantitative estimate of drug-likeness (QED) is 0.702. The summed E-state index contributed by atoms with van der Waals surface area (Å²) in [4.78, 5) is 29.7. The maximum absolute atomic E-state index is 12.9. The molecule has 1 saturated carbocycles. The van der Waals surface area contributed by atoms with Crippen molar-refractivity contribution in [2.75, 3.05) is 0 Å². The number of rotatable bonds is 4. The number of hydrogen-bond donors (Lipinski definition) is 0. The molecule has 0 saturated heterocycles. The van der Waals surface area contributed by atoms with E-state index in [-0.39, 0.29) is 17.8 Å². The van der Waals surface area contributed by atoms with Crippen LogP contribution in [0.4, 0.5) is 0 Å². The number of para-hydroxylation sites is 1. The first-order chi connectivity index (χ1) is 13.7.